The number of amides is 1. The molecule has 23 nitrogen and oxygen atoms in total. The Morgan fingerprint density at radius 3 is 2.12 bits per heavy atom. The number of unbranched alkanes of at least 4 members (excludes halogenated alkanes) is 5. The Bertz CT molecular complexity index is 3600. The van der Waals surface area contributed by atoms with Crippen LogP contribution in [0.15, 0.2) is 100 Å². The van der Waals surface area contributed by atoms with E-state index < -0.39 is 87.7 Å². The molecule has 98 heavy (non-hydrogen) atoms. The van der Waals surface area contributed by atoms with Crippen molar-refractivity contribution < 1.29 is 83.0 Å². The first kappa shape index (κ1) is 81.2. The minimum absolute atomic E-state index is 0.0205. The normalized spacial score (nSPS) is 25.6. The van der Waals surface area contributed by atoms with E-state index in [0.717, 1.165) is 50.3 Å². The highest BCUT2D eigenvalue weighted by molar-refractivity contribution is 7.96. The molecule has 4 heterocycles. The number of nitrogens with zero attached hydrogens (tertiary/aromatic N) is 3. The monoisotopic (exact) mass is 1480 g/mol. The lowest BCUT2D eigenvalue weighted by Crippen LogP contribution is -2.47. The third-order valence-corrected chi connectivity index (χ3v) is 29.9. The highest BCUT2D eigenvalue weighted by Gasteiger charge is 2.45. The fourth-order valence-electron chi connectivity index (χ4n) is 13.8. The highest BCUT2D eigenvalue weighted by Crippen LogP contribution is 2.45. The molecule has 7 rings (SSSR count). The number of sulfonamides is 3. The van der Waals surface area contributed by atoms with Crippen molar-refractivity contribution in [3.05, 3.63) is 95.6 Å². The van der Waals surface area contributed by atoms with Crippen LogP contribution < -0.4 is 10.5 Å². The molecule has 0 unspecified atom stereocenters. The van der Waals surface area contributed by atoms with Crippen molar-refractivity contribution in [2.75, 3.05) is 53.1 Å². The van der Waals surface area contributed by atoms with E-state index in [-0.39, 0.29) is 123 Å². The summed E-state index contributed by atoms with van der Waals surface area (Å²) in [5, 5.41) is 62.1. The maximum absolute atomic E-state index is 14.1. The fourth-order valence-corrected chi connectivity index (χ4v) is 23.0. The topological polar surface area (TPSA) is 356 Å². The second-order valence-electron chi connectivity index (χ2n) is 26.3. The number of likely N-dealkylation sites (N-methyl/N-ethyl adjacent to an activating group) is 1. The van der Waals surface area contributed by atoms with Crippen LogP contribution in [0.3, 0.4) is 0 Å². The number of carbonyl (C=O) groups is 2. The van der Waals surface area contributed by atoms with Crippen molar-refractivity contribution >= 4 is 80.7 Å². The second kappa shape index (κ2) is 38.9. The van der Waals surface area contributed by atoms with Gasteiger partial charge in [-0.2, -0.15) is 17.1 Å². The van der Waals surface area contributed by atoms with Crippen LogP contribution in [-0.4, -0.2) is 181 Å². The van der Waals surface area contributed by atoms with Gasteiger partial charge in [-0.25, -0.2) is 30.4 Å². The molecule has 0 spiro atoms. The number of fused-ring (bicyclic) bond motifs is 2. The SMILES string of the molecule is CCN[C@H]1C[C@H](C)S(=O)(=O)c2sc(S(=O)(=O)/N=C/CCOC(=O)CCC/C=C\C[C@@H]3[C@@H](CC[C@H](CCCCCCOCCCN4C[C@H](N(CC)C(=O)CCC/C=C\C[C@@H]5[C@@H](/C=C/[C@@H](O)CCc6ccccc6)[C@H](O)C[C@@H]5O)c5cc(S(N)(=O)=O)sc5S4(=O)=O)OC)[C@H](O)C[C@@H]3O)cc21. The van der Waals surface area contributed by atoms with Crippen molar-refractivity contribution in [1.82, 2.24) is 14.5 Å². The van der Waals surface area contributed by atoms with Gasteiger partial charge in [0.1, 0.15) is 16.8 Å². The number of sulfone groups is 1. The number of methoxy groups -OCH3 is 1. The minimum Gasteiger partial charge on any atom is -0.465 e. The lowest BCUT2D eigenvalue weighted by Gasteiger charge is -2.38. The Morgan fingerprint density at radius 1 is 0.765 bits per heavy atom. The van der Waals surface area contributed by atoms with Gasteiger partial charge in [0, 0.05) is 94.9 Å². The summed E-state index contributed by atoms with van der Waals surface area (Å²) in [6, 6.07) is 11.5. The van der Waals surface area contributed by atoms with Crippen LogP contribution in [0.1, 0.15) is 184 Å². The number of nitrogens with one attached hydrogen (secondary N) is 1. The summed E-state index contributed by atoms with van der Waals surface area (Å²) in [5.41, 5.74) is 1.80. The molecule has 3 aromatic rings. The molecule has 8 N–H and O–H groups in total. The summed E-state index contributed by atoms with van der Waals surface area (Å²) in [6.45, 7) is 6.85. The summed E-state index contributed by atoms with van der Waals surface area (Å²) >= 11 is 1.29. The van der Waals surface area contributed by atoms with Gasteiger partial charge in [0.25, 0.3) is 20.0 Å². The first-order valence-corrected chi connectivity index (χ1v) is 42.4. The number of esters is 1. The number of allylic oxidation sites excluding steroid dienone is 4. The van der Waals surface area contributed by atoms with Gasteiger partial charge < -0.3 is 50.0 Å². The van der Waals surface area contributed by atoms with E-state index in [1.807, 2.05) is 67.6 Å². The zero-order chi connectivity index (χ0) is 71.2. The first-order valence-electron chi connectivity index (χ1n) is 34.8. The largest absolute Gasteiger partial charge is 0.465 e. The molecule has 550 valence electrons. The van der Waals surface area contributed by atoms with Gasteiger partial charge >= 0.3 is 5.97 Å². The van der Waals surface area contributed by atoms with Crippen LogP contribution >= 0.6 is 22.7 Å². The fraction of sp³-hybridized carbons (Fsp3) is 0.667. The van der Waals surface area contributed by atoms with Gasteiger partial charge in [-0.3, -0.25) is 9.59 Å². The molecule has 0 bridgehead atoms. The highest BCUT2D eigenvalue weighted by atomic mass is 32.3. The average Bonchev–Trinajstić information content (AvgIpc) is 1.79. The molecule has 29 heteroatoms. The second-order valence-corrected chi connectivity index (χ2v) is 36.7. The molecule has 1 aromatic carbocycles. The molecule has 2 aliphatic carbocycles. The Labute approximate surface area is 589 Å². The zero-order valence-electron chi connectivity index (χ0n) is 57.0. The predicted molar refractivity (Wildman–Crippen MR) is 379 cm³/mol. The molecule has 13 atom stereocenters. The third-order valence-electron chi connectivity index (χ3n) is 19.3. The smallest absolute Gasteiger partial charge is 0.305 e. The van der Waals surface area contributed by atoms with Crippen LogP contribution in [0, 0.1) is 23.7 Å². The number of nitrogens with two attached hydrogens (primary N) is 1. The molecule has 4 aliphatic rings. The van der Waals surface area contributed by atoms with E-state index >= 15 is 0 Å². The van der Waals surface area contributed by atoms with Crippen LogP contribution in [0.5, 0.6) is 0 Å². The molecule has 2 aliphatic heterocycles. The van der Waals surface area contributed by atoms with E-state index in [1.54, 1.807) is 31.9 Å². The molecule has 0 saturated heterocycles. The summed E-state index contributed by atoms with van der Waals surface area (Å²) in [6.07, 6.45) is 20.9. The number of aliphatic hydroxyl groups is 5. The first-order chi connectivity index (χ1) is 46.7. The molecule has 2 saturated carbocycles. The Hall–Kier alpha value is -4.15. The molecule has 2 aromatic heterocycles. The number of carbonyl (C=O) groups excluding carboxylic acids is 2. The predicted octanol–water partition coefficient (Wildman–Crippen LogP) is 8.61. The summed E-state index contributed by atoms with van der Waals surface area (Å²) in [5.74, 6) is -1.46. The lowest BCUT2D eigenvalue weighted by atomic mass is 9.85. The Morgan fingerprint density at radius 2 is 1.42 bits per heavy atom. The number of aryl methyl sites for hydroxylation is 1. The number of benzene rings is 1. The van der Waals surface area contributed by atoms with Gasteiger partial charge in [-0.1, -0.05) is 93.0 Å². The lowest BCUT2D eigenvalue weighted by molar-refractivity contribution is -0.143. The van der Waals surface area contributed by atoms with Crippen molar-refractivity contribution in [1.29, 1.82) is 0 Å². The quantitative estimate of drug-likeness (QED) is 0.0121. The minimum atomic E-state index is -4.26. The van der Waals surface area contributed by atoms with Gasteiger partial charge in [0.15, 0.2) is 9.84 Å². The van der Waals surface area contributed by atoms with E-state index in [4.69, 9.17) is 19.3 Å². The maximum Gasteiger partial charge on any atom is 0.305 e. The van der Waals surface area contributed by atoms with Gasteiger partial charge in [-0.15, -0.1) is 22.7 Å². The zero-order valence-corrected chi connectivity index (χ0v) is 61.9. The number of hydrogen-bond donors (Lipinski definition) is 7. The van der Waals surface area contributed by atoms with Gasteiger partial charge in [0.05, 0.1) is 54.5 Å². The van der Waals surface area contributed by atoms with Crippen LogP contribution in [0.2, 0.25) is 0 Å². The third kappa shape index (κ3) is 22.9. The average molecular weight is 1490 g/mol. The number of aliphatic hydroxyl groups excluding tert-OH is 5. The maximum atomic E-state index is 14.1. The molecule has 2 fully saturated rings. The Kier molecular flexibility index (Phi) is 32.2. The summed E-state index contributed by atoms with van der Waals surface area (Å²) in [7, 11) is -14.5. The number of thiophene rings is 2. The number of primary sulfonamides is 1. The summed E-state index contributed by atoms with van der Waals surface area (Å²) in [4.78, 5) is 28.0. The van der Waals surface area contributed by atoms with Crippen molar-refractivity contribution in [2.45, 2.75) is 233 Å². The van der Waals surface area contributed by atoms with E-state index in [0.29, 0.717) is 118 Å². The molecular formula is C69H105N5O18S6. The standard InChI is InChI=1S/C69H105N5O18S6/c1-5-71-58-42-48(3)95(82,83)68-56(58)43-67(94-68)97(86,87)72-37-22-41-92-65(81)30-20-10-8-18-28-53-55(63(79)46-61(53)77)36-34-51(90-4)26-16-11-12-21-39-91-40-23-38-73-47-59(57-44-66(96(70,84)85)93-69(57)98(73,88)89)74(6-2)64(80)29-19-9-7-17-27-52-54(62(78)45-60(52)76)35-33-50(75)32-31-49-24-14-13-15-25-49/h7-8,13-15,17-18,24-25,33,35,37,43-44,48,50-55,58-63,71,75-79H,5-6,9-12,16,19-23,26-32,34,36,38-42,45-47H2,1-4H3,(H2,70,84,85)/b17-7-,18-8-,35-33+,72-37+/t48-,50-,51-,52+,53+,54+,55+,58-,59-,60-,61-,62+,63+/m0/s1. The number of ether oxygens (including phenoxy) is 3. The van der Waals surface area contributed by atoms with Crippen LogP contribution in [0.25, 0.3) is 0 Å². The van der Waals surface area contributed by atoms with Crippen molar-refractivity contribution in [2.24, 2.45) is 33.2 Å². The van der Waals surface area contributed by atoms with Gasteiger partial charge in [0.2, 0.25) is 15.9 Å². The van der Waals surface area contributed by atoms with E-state index in [2.05, 4.69) is 9.71 Å². The molecule has 1 amide bonds. The van der Waals surface area contributed by atoms with Crippen molar-refractivity contribution in [3.8, 4) is 0 Å². The van der Waals surface area contributed by atoms with Crippen LogP contribution in [0.4, 0.5) is 0 Å². The molecular weight excluding hydrogens is 1380 g/mol. The Balaban J connectivity index is 0.757. The number of hydrogen-bond acceptors (Lipinski definition) is 21. The van der Waals surface area contributed by atoms with Gasteiger partial charge in [-0.05, 0) is 152 Å². The molecule has 0 radical (unpaired) electrons. The van der Waals surface area contributed by atoms with Crippen molar-refractivity contribution in [3.63, 3.8) is 0 Å². The van der Waals surface area contributed by atoms with Crippen LogP contribution in [-0.2, 0) is 70.1 Å². The van der Waals surface area contributed by atoms with E-state index in [9.17, 15) is 68.8 Å². The van der Waals surface area contributed by atoms with E-state index in [1.165, 1.54) is 16.4 Å². The number of rotatable bonds is 42. The summed E-state index contributed by atoms with van der Waals surface area (Å²) < 4.78 is 127.